The number of aromatic nitrogens is 2. The number of nitrogen functional groups attached to an aromatic ring is 1. The largest absolute Gasteiger partial charge is 0.382 e. The van der Waals surface area contributed by atoms with Crippen LogP contribution in [0.15, 0.2) is 37.9 Å². The lowest BCUT2D eigenvalue weighted by molar-refractivity contribution is 1.10. The van der Waals surface area contributed by atoms with Gasteiger partial charge in [0.2, 0.25) is 0 Å². The summed E-state index contributed by atoms with van der Waals surface area (Å²) in [4.78, 5) is 0. The van der Waals surface area contributed by atoms with Gasteiger partial charge in [0.1, 0.15) is 0 Å². The summed E-state index contributed by atoms with van der Waals surface area (Å²) in [7, 11) is 0. The van der Waals surface area contributed by atoms with Crippen LogP contribution in [-0.4, -0.2) is 10.2 Å². The Bertz CT molecular complexity index is 782. The van der Waals surface area contributed by atoms with Gasteiger partial charge in [-0.25, -0.2) is 0 Å². The lowest BCUT2D eigenvalue weighted by atomic mass is 10.0. The van der Waals surface area contributed by atoms with Gasteiger partial charge in [0, 0.05) is 16.1 Å². The maximum atomic E-state index is 6.28. The first kappa shape index (κ1) is 14.1. The second kappa shape index (κ2) is 5.52. The number of nitrogens with zero attached hydrogens (tertiary/aromatic N) is 1. The molecule has 0 atom stereocenters. The number of H-pyrrole nitrogens is 1. The Morgan fingerprint density at radius 2 is 1.95 bits per heavy atom. The van der Waals surface area contributed by atoms with Crippen molar-refractivity contribution in [1.29, 1.82) is 0 Å². The van der Waals surface area contributed by atoms with Crippen LogP contribution in [0.5, 0.6) is 0 Å². The summed E-state index contributed by atoms with van der Waals surface area (Å²) in [6.07, 6.45) is 0. The molecule has 20 heavy (non-hydrogen) atoms. The zero-order valence-electron chi connectivity index (χ0n) is 9.95. The van der Waals surface area contributed by atoms with Gasteiger partial charge < -0.3 is 5.73 Å². The molecule has 2 aromatic heterocycles. The van der Waals surface area contributed by atoms with Crippen molar-refractivity contribution in [2.24, 2.45) is 0 Å². The van der Waals surface area contributed by atoms with E-state index in [1.165, 1.54) is 0 Å². The molecule has 0 amide bonds. The average molecular weight is 434 g/mol. The van der Waals surface area contributed by atoms with Gasteiger partial charge in [-0.15, -0.1) is 11.3 Å². The van der Waals surface area contributed by atoms with Gasteiger partial charge >= 0.3 is 0 Å². The second-order valence-corrected chi connectivity index (χ2v) is 8.23. The van der Waals surface area contributed by atoms with Crippen LogP contribution in [0.3, 0.4) is 0 Å². The van der Waals surface area contributed by atoms with Crippen LogP contribution in [0.1, 0.15) is 0 Å². The summed E-state index contributed by atoms with van der Waals surface area (Å²) in [6.45, 7) is 0. The zero-order valence-corrected chi connectivity index (χ0v) is 14.7. The van der Waals surface area contributed by atoms with Crippen LogP contribution in [0.25, 0.3) is 22.4 Å². The lowest BCUT2D eigenvalue weighted by Crippen LogP contribution is -1.89. The van der Waals surface area contributed by atoms with Gasteiger partial charge in [-0.2, -0.15) is 5.10 Å². The average Bonchev–Trinajstić information content (AvgIpc) is 2.93. The quantitative estimate of drug-likeness (QED) is 0.555. The first-order chi connectivity index (χ1) is 9.58. The summed E-state index contributed by atoms with van der Waals surface area (Å²) in [5, 5.41) is 7.76. The highest BCUT2D eigenvalue weighted by atomic mass is 79.9. The fraction of sp³-hybridized carbons (Fsp3) is 0. The van der Waals surface area contributed by atoms with E-state index >= 15 is 0 Å². The second-order valence-electron chi connectivity index (χ2n) is 4.08. The molecule has 3 rings (SSSR count). The number of anilines is 1. The smallest absolute Gasteiger partial charge is 0.153 e. The van der Waals surface area contributed by atoms with E-state index in [4.69, 9.17) is 17.3 Å². The Kier molecular flexibility index (Phi) is 3.90. The molecule has 0 radical (unpaired) electrons. The van der Waals surface area contributed by atoms with E-state index in [0.29, 0.717) is 10.8 Å². The van der Waals surface area contributed by atoms with Crippen LogP contribution in [0, 0.1) is 0 Å². The monoisotopic (exact) mass is 431 g/mol. The summed E-state index contributed by atoms with van der Waals surface area (Å²) < 4.78 is 2.03. The highest BCUT2D eigenvalue weighted by molar-refractivity contribution is 9.12. The van der Waals surface area contributed by atoms with Gasteiger partial charge in [-0.3, -0.25) is 5.10 Å². The molecule has 0 unspecified atom stereocenters. The molecule has 3 nitrogen and oxygen atoms in total. The van der Waals surface area contributed by atoms with Crippen LogP contribution in [0.4, 0.5) is 5.82 Å². The standard InChI is InChI=1S/C13H8Br2ClN3S/c14-9-5-7(12(15)20-9)11-10(13(17)19-18-11)6-3-1-2-4-8(6)16/h1-5H,(H3,17,18,19). The molecule has 1 aromatic carbocycles. The van der Waals surface area contributed by atoms with E-state index in [0.717, 1.165) is 30.0 Å². The maximum absolute atomic E-state index is 6.28. The highest BCUT2D eigenvalue weighted by Crippen LogP contribution is 2.44. The van der Waals surface area contributed by atoms with E-state index in [9.17, 15) is 0 Å². The van der Waals surface area contributed by atoms with Crippen molar-refractivity contribution in [3.8, 4) is 22.4 Å². The molecule has 102 valence electrons. The molecular formula is C13H8Br2ClN3S. The molecule has 3 N–H and O–H groups in total. The SMILES string of the molecule is Nc1n[nH]c(-c2cc(Br)sc2Br)c1-c1ccccc1Cl. The summed E-state index contributed by atoms with van der Waals surface area (Å²) >= 11 is 14.9. The Labute approximate surface area is 141 Å². The van der Waals surface area contributed by atoms with Gasteiger partial charge in [-0.05, 0) is 44.0 Å². The summed E-state index contributed by atoms with van der Waals surface area (Å²) in [6, 6.07) is 9.60. The fourth-order valence-electron chi connectivity index (χ4n) is 2.00. The van der Waals surface area contributed by atoms with Crippen molar-refractivity contribution in [1.82, 2.24) is 10.2 Å². The minimum atomic E-state index is 0.433. The van der Waals surface area contributed by atoms with E-state index in [1.807, 2.05) is 30.3 Å². The van der Waals surface area contributed by atoms with Crippen molar-refractivity contribution in [3.63, 3.8) is 0 Å². The van der Waals surface area contributed by atoms with Crippen molar-refractivity contribution in [3.05, 3.63) is 42.9 Å². The summed E-state index contributed by atoms with van der Waals surface area (Å²) in [5.41, 5.74) is 9.55. The Morgan fingerprint density at radius 3 is 2.60 bits per heavy atom. The Morgan fingerprint density at radius 1 is 1.20 bits per heavy atom. The fourth-order valence-corrected chi connectivity index (χ4v) is 5.05. The minimum absolute atomic E-state index is 0.433. The van der Waals surface area contributed by atoms with E-state index in [1.54, 1.807) is 11.3 Å². The predicted octanol–water partition coefficient (Wildman–Crippen LogP) is 5.57. The van der Waals surface area contributed by atoms with Gasteiger partial charge in [0.05, 0.1) is 18.8 Å². The van der Waals surface area contributed by atoms with Crippen LogP contribution in [0.2, 0.25) is 5.02 Å². The van der Waals surface area contributed by atoms with Crippen LogP contribution < -0.4 is 5.73 Å². The molecular weight excluding hydrogens is 425 g/mol. The normalized spacial score (nSPS) is 10.9. The molecule has 0 aliphatic rings. The van der Waals surface area contributed by atoms with Crippen molar-refractivity contribution < 1.29 is 0 Å². The predicted molar refractivity (Wildman–Crippen MR) is 92.2 cm³/mol. The number of nitrogens with one attached hydrogen (secondary N) is 1. The number of hydrogen-bond acceptors (Lipinski definition) is 3. The van der Waals surface area contributed by atoms with Crippen LogP contribution >= 0.6 is 54.8 Å². The molecule has 0 bridgehead atoms. The molecule has 0 saturated carbocycles. The molecule has 0 fully saturated rings. The molecule has 0 aliphatic heterocycles. The number of thiophene rings is 1. The van der Waals surface area contributed by atoms with E-state index < -0.39 is 0 Å². The molecule has 3 aromatic rings. The summed E-state index contributed by atoms with van der Waals surface area (Å²) in [5.74, 6) is 0.433. The lowest BCUT2D eigenvalue weighted by Gasteiger charge is -2.06. The number of nitrogens with two attached hydrogens (primary N) is 1. The van der Waals surface area contributed by atoms with Crippen LogP contribution in [-0.2, 0) is 0 Å². The first-order valence-corrected chi connectivity index (χ1v) is 8.40. The third kappa shape index (κ3) is 2.41. The first-order valence-electron chi connectivity index (χ1n) is 5.62. The third-order valence-electron chi connectivity index (χ3n) is 2.86. The number of rotatable bonds is 2. The van der Waals surface area contributed by atoms with E-state index in [-0.39, 0.29) is 0 Å². The van der Waals surface area contributed by atoms with Gasteiger partial charge in [-0.1, -0.05) is 29.8 Å². The van der Waals surface area contributed by atoms with Crippen molar-refractivity contribution >= 4 is 60.6 Å². The number of aromatic amines is 1. The number of halogens is 3. The minimum Gasteiger partial charge on any atom is -0.382 e. The molecule has 0 saturated heterocycles. The molecule has 2 heterocycles. The van der Waals surface area contributed by atoms with Gasteiger partial charge in [0.15, 0.2) is 5.82 Å². The van der Waals surface area contributed by atoms with Gasteiger partial charge in [0.25, 0.3) is 0 Å². The topological polar surface area (TPSA) is 54.7 Å². The Hall–Kier alpha value is -0.820. The van der Waals surface area contributed by atoms with Crippen molar-refractivity contribution in [2.75, 3.05) is 5.73 Å². The molecule has 0 spiro atoms. The zero-order chi connectivity index (χ0) is 14.3. The van der Waals surface area contributed by atoms with Crippen molar-refractivity contribution in [2.45, 2.75) is 0 Å². The Balaban J connectivity index is 2.26. The third-order valence-corrected chi connectivity index (χ3v) is 5.53. The number of hydrogen-bond donors (Lipinski definition) is 2. The maximum Gasteiger partial charge on any atom is 0.153 e. The number of benzene rings is 1. The highest BCUT2D eigenvalue weighted by Gasteiger charge is 2.19. The molecule has 0 aliphatic carbocycles. The van der Waals surface area contributed by atoms with E-state index in [2.05, 4.69) is 42.1 Å². The molecule has 7 heteroatoms.